The predicted molar refractivity (Wildman–Crippen MR) is 95.6 cm³/mol. The summed E-state index contributed by atoms with van der Waals surface area (Å²) < 4.78 is 14.3. The zero-order valence-electron chi connectivity index (χ0n) is 13.4. The third-order valence-electron chi connectivity index (χ3n) is 4.04. The molecule has 5 heteroatoms. The Balaban J connectivity index is 2.16. The molecule has 2 aromatic rings. The van der Waals surface area contributed by atoms with Gasteiger partial charge in [0.15, 0.2) is 0 Å². The van der Waals surface area contributed by atoms with Crippen LogP contribution < -0.4 is 4.90 Å². The van der Waals surface area contributed by atoms with Gasteiger partial charge in [-0.05, 0) is 36.8 Å². The Morgan fingerprint density at radius 3 is 2.75 bits per heavy atom. The lowest BCUT2D eigenvalue weighted by molar-refractivity contribution is -0.117. The maximum atomic E-state index is 14.3. The predicted octanol–water partition coefficient (Wildman–Crippen LogP) is 4.46. The van der Waals surface area contributed by atoms with E-state index >= 15 is 0 Å². The molecule has 2 aromatic carbocycles. The Kier molecular flexibility index (Phi) is 4.95. The molecule has 0 fully saturated rings. The highest BCUT2D eigenvalue weighted by Crippen LogP contribution is 2.30. The number of benzodiazepines with no additional fused rings is 1. The summed E-state index contributed by atoms with van der Waals surface area (Å²) in [6.07, 6.45) is 1.87. The number of amides is 1. The highest BCUT2D eigenvalue weighted by Gasteiger charge is 2.26. The van der Waals surface area contributed by atoms with Crippen molar-refractivity contribution >= 4 is 28.9 Å². The minimum Gasteiger partial charge on any atom is -0.310 e. The van der Waals surface area contributed by atoms with Gasteiger partial charge in [0.05, 0.1) is 11.4 Å². The third-order valence-corrected chi connectivity index (χ3v) is 4.28. The number of rotatable bonds is 4. The topological polar surface area (TPSA) is 32.7 Å². The second kappa shape index (κ2) is 7.14. The summed E-state index contributed by atoms with van der Waals surface area (Å²) in [7, 11) is 0. The van der Waals surface area contributed by atoms with Crippen molar-refractivity contribution in [3.05, 3.63) is 64.4 Å². The van der Waals surface area contributed by atoms with Gasteiger partial charge in [-0.15, -0.1) is 0 Å². The Morgan fingerprint density at radius 1 is 1.21 bits per heavy atom. The third kappa shape index (κ3) is 3.20. The highest BCUT2D eigenvalue weighted by atomic mass is 35.5. The van der Waals surface area contributed by atoms with Crippen LogP contribution in [-0.2, 0) is 4.79 Å². The number of hydrogen-bond donors (Lipinski definition) is 0. The van der Waals surface area contributed by atoms with Gasteiger partial charge in [0, 0.05) is 22.7 Å². The molecule has 24 heavy (non-hydrogen) atoms. The first-order chi connectivity index (χ1) is 11.6. The van der Waals surface area contributed by atoms with Crippen molar-refractivity contribution in [1.82, 2.24) is 0 Å². The van der Waals surface area contributed by atoms with Crippen molar-refractivity contribution in [2.45, 2.75) is 19.8 Å². The maximum absolute atomic E-state index is 14.3. The van der Waals surface area contributed by atoms with Crippen molar-refractivity contribution in [3.8, 4) is 0 Å². The van der Waals surface area contributed by atoms with E-state index in [0.29, 0.717) is 28.4 Å². The lowest BCUT2D eigenvalue weighted by Crippen LogP contribution is -2.33. The molecular formula is C19H18ClFN2O. The van der Waals surface area contributed by atoms with Crippen LogP contribution in [0.25, 0.3) is 0 Å². The van der Waals surface area contributed by atoms with Gasteiger partial charge in [-0.2, -0.15) is 0 Å². The molecular weight excluding hydrogens is 327 g/mol. The average molecular weight is 345 g/mol. The highest BCUT2D eigenvalue weighted by molar-refractivity contribution is 6.32. The minimum atomic E-state index is -0.364. The molecule has 1 aliphatic rings. The fourth-order valence-corrected chi connectivity index (χ4v) is 3.00. The number of hydrogen-bond acceptors (Lipinski definition) is 2. The normalized spacial score (nSPS) is 14.2. The molecule has 0 saturated carbocycles. The largest absolute Gasteiger partial charge is 0.310 e. The van der Waals surface area contributed by atoms with Gasteiger partial charge < -0.3 is 4.90 Å². The molecule has 124 valence electrons. The molecule has 0 unspecified atom stereocenters. The van der Waals surface area contributed by atoms with Crippen LogP contribution in [0.5, 0.6) is 0 Å². The summed E-state index contributed by atoms with van der Waals surface area (Å²) in [6.45, 7) is 2.69. The fourth-order valence-electron chi connectivity index (χ4n) is 2.83. The number of anilines is 1. The number of carbonyl (C=O) groups is 1. The molecule has 1 aliphatic heterocycles. The second-order valence-corrected chi connectivity index (χ2v) is 6.14. The Hall–Kier alpha value is -2.20. The van der Waals surface area contributed by atoms with Crippen LogP contribution in [0, 0.1) is 5.82 Å². The van der Waals surface area contributed by atoms with E-state index in [-0.39, 0.29) is 18.3 Å². The van der Waals surface area contributed by atoms with Crippen LogP contribution in [0.3, 0.4) is 0 Å². The van der Waals surface area contributed by atoms with Crippen molar-refractivity contribution < 1.29 is 9.18 Å². The summed E-state index contributed by atoms with van der Waals surface area (Å²) in [5.74, 6) is -0.449. The Morgan fingerprint density at radius 2 is 2.00 bits per heavy atom. The van der Waals surface area contributed by atoms with Gasteiger partial charge >= 0.3 is 0 Å². The van der Waals surface area contributed by atoms with Crippen molar-refractivity contribution in [2.75, 3.05) is 18.0 Å². The van der Waals surface area contributed by atoms with Crippen LogP contribution >= 0.6 is 11.6 Å². The minimum absolute atomic E-state index is 0.000317. The summed E-state index contributed by atoms with van der Waals surface area (Å²) in [5.41, 5.74) is 2.27. The first-order valence-electron chi connectivity index (χ1n) is 8.01. The number of nitrogens with zero attached hydrogens (tertiary/aromatic N) is 2. The van der Waals surface area contributed by atoms with E-state index in [1.165, 1.54) is 6.07 Å². The number of benzene rings is 2. The molecule has 0 N–H and O–H groups in total. The van der Waals surface area contributed by atoms with Crippen molar-refractivity contribution in [3.63, 3.8) is 0 Å². The van der Waals surface area contributed by atoms with E-state index in [1.807, 2.05) is 6.07 Å². The maximum Gasteiger partial charge on any atom is 0.248 e. The molecule has 0 radical (unpaired) electrons. The van der Waals surface area contributed by atoms with E-state index in [0.717, 1.165) is 18.5 Å². The monoisotopic (exact) mass is 344 g/mol. The standard InChI is InChI=1S/C19H18ClFN2O/c1-2-3-10-23-17-9-8-13(20)11-15(17)19(22-12-18(23)24)14-6-4-5-7-16(14)21/h4-9,11H,2-3,10,12H2,1H3. The summed E-state index contributed by atoms with van der Waals surface area (Å²) >= 11 is 6.16. The number of fused-ring (bicyclic) bond motifs is 1. The molecule has 1 amide bonds. The van der Waals surface area contributed by atoms with Crippen LogP contribution in [0.2, 0.25) is 5.02 Å². The van der Waals surface area contributed by atoms with Gasteiger partial charge in [0.25, 0.3) is 0 Å². The van der Waals surface area contributed by atoms with Gasteiger partial charge in [-0.3, -0.25) is 9.79 Å². The van der Waals surface area contributed by atoms with E-state index in [9.17, 15) is 9.18 Å². The van der Waals surface area contributed by atoms with Gasteiger partial charge in [-0.1, -0.05) is 37.1 Å². The van der Waals surface area contributed by atoms with E-state index in [1.54, 1.807) is 35.2 Å². The molecule has 0 spiro atoms. The summed E-state index contributed by atoms with van der Waals surface area (Å²) in [4.78, 5) is 18.7. The Labute approximate surface area is 145 Å². The molecule has 3 nitrogen and oxygen atoms in total. The average Bonchev–Trinajstić information content (AvgIpc) is 2.70. The summed E-state index contributed by atoms with van der Waals surface area (Å²) in [5, 5.41) is 0.530. The molecule has 0 saturated heterocycles. The molecule has 0 atom stereocenters. The quantitative estimate of drug-likeness (QED) is 0.805. The van der Waals surface area contributed by atoms with Crippen LogP contribution in [0.4, 0.5) is 10.1 Å². The number of carbonyl (C=O) groups excluding carboxylic acids is 1. The smallest absolute Gasteiger partial charge is 0.248 e. The SMILES string of the molecule is CCCCN1C(=O)CN=C(c2ccccc2F)c2cc(Cl)ccc21. The Bertz CT molecular complexity index is 804. The van der Waals surface area contributed by atoms with E-state index < -0.39 is 0 Å². The van der Waals surface area contributed by atoms with Crippen molar-refractivity contribution in [2.24, 2.45) is 4.99 Å². The molecule has 0 bridgehead atoms. The molecule has 3 rings (SSSR count). The first kappa shape index (κ1) is 16.7. The molecule has 1 heterocycles. The zero-order valence-corrected chi connectivity index (χ0v) is 14.2. The number of aliphatic imine (C=N–C) groups is 1. The fraction of sp³-hybridized carbons (Fsp3) is 0.263. The van der Waals surface area contributed by atoms with Gasteiger partial charge in [-0.25, -0.2) is 4.39 Å². The first-order valence-corrected chi connectivity index (χ1v) is 8.39. The summed E-state index contributed by atoms with van der Waals surface area (Å²) in [6, 6.07) is 11.8. The lowest BCUT2D eigenvalue weighted by Gasteiger charge is -2.23. The van der Waals surface area contributed by atoms with Crippen LogP contribution in [0.15, 0.2) is 47.5 Å². The second-order valence-electron chi connectivity index (χ2n) is 5.71. The van der Waals surface area contributed by atoms with Crippen LogP contribution in [0.1, 0.15) is 30.9 Å². The van der Waals surface area contributed by atoms with Crippen molar-refractivity contribution in [1.29, 1.82) is 0 Å². The molecule has 0 aliphatic carbocycles. The van der Waals surface area contributed by atoms with Gasteiger partial charge in [0.1, 0.15) is 12.4 Å². The van der Waals surface area contributed by atoms with Crippen LogP contribution in [-0.4, -0.2) is 24.7 Å². The van der Waals surface area contributed by atoms with E-state index in [2.05, 4.69) is 11.9 Å². The zero-order chi connectivity index (χ0) is 17.1. The molecule has 0 aromatic heterocycles. The number of unbranched alkanes of at least 4 members (excludes halogenated alkanes) is 1. The lowest BCUT2D eigenvalue weighted by atomic mass is 9.99. The number of halogens is 2. The van der Waals surface area contributed by atoms with Gasteiger partial charge in [0.2, 0.25) is 5.91 Å². The van der Waals surface area contributed by atoms with E-state index in [4.69, 9.17) is 11.6 Å².